The van der Waals surface area contributed by atoms with Gasteiger partial charge in [-0.3, -0.25) is 4.79 Å². The van der Waals surface area contributed by atoms with E-state index in [0.29, 0.717) is 0 Å². The van der Waals surface area contributed by atoms with Gasteiger partial charge in [-0.1, -0.05) is 0 Å². The fourth-order valence-corrected chi connectivity index (χ4v) is 0.599. The number of aromatic nitrogens is 2. The van der Waals surface area contributed by atoms with Crippen LogP contribution in [0.5, 0.6) is 0 Å². The molecule has 6 heteroatoms. The topological polar surface area (TPSA) is 80.1 Å². The van der Waals surface area contributed by atoms with Gasteiger partial charge in [0.05, 0.1) is 11.8 Å². The van der Waals surface area contributed by atoms with Crippen LogP contribution in [0, 0.1) is 5.95 Å². The van der Waals surface area contributed by atoms with E-state index in [1.807, 2.05) is 0 Å². The van der Waals surface area contributed by atoms with E-state index < -0.39 is 23.3 Å². The molecule has 12 heavy (non-hydrogen) atoms. The number of carbonyl (C=O) groups excluding carboxylic acids is 1. The second kappa shape index (κ2) is 3.04. The summed E-state index contributed by atoms with van der Waals surface area (Å²) < 4.78 is 12.5. The monoisotopic (exact) mass is 170 g/mol. The Bertz CT molecular complexity index is 339. The number of Topliss-reactive ketones (excluding diaryl/α,β-unsaturated/α-hetero) is 1. The van der Waals surface area contributed by atoms with Crippen LogP contribution in [0.15, 0.2) is 12.3 Å². The highest BCUT2D eigenvalue weighted by molar-refractivity contribution is 6.39. The van der Waals surface area contributed by atoms with Crippen molar-refractivity contribution in [3.8, 4) is 0 Å². The molecule has 0 unspecified atom stereocenters. The zero-order valence-corrected chi connectivity index (χ0v) is 5.69. The lowest BCUT2D eigenvalue weighted by Crippen LogP contribution is -2.15. The van der Waals surface area contributed by atoms with Crippen molar-refractivity contribution in [2.75, 3.05) is 0 Å². The lowest BCUT2D eigenvalue weighted by molar-refractivity contribution is -0.131. The third kappa shape index (κ3) is 1.42. The van der Waals surface area contributed by atoms with E-state index in [1.54, 1.807) is 0 Å². The molecule has 0 aliphatic heterocycles. The summed E-state index contributed by atoms with van der Waals surface area (Å²) in [5.41, 5.74) is -0.586. The van der Waals surface area contributed by atoms with Crippen LogP contribution in [0.2, 0.25) is 0 Å². The van der Waals surface area contributed by atoms with Crippen molar-refractivity contribution >= 4 is 11.8 Å². The van der Waals surface area contributed by atoms with Crippen molar-refractivity contribution in [3.05, 3.63) is 23.8 Å². The second-order valence-electron chi connectivity index (χ2n) is 1.87. The molecule has 0 saturated heterocycles. The van der Waals surface area contributed by atoms with Gasteiger partial charge >= 0.3 is 5.97 Å². The zero-order valence-electron chi connectivity index (χ0n) is 5.69. The van der Waals surface area contributed by atoms with Crippen molar-refractivity contribution in [2.24, 2.45) is 0 Å². The van der Waals surface area contributed by atoms with Gasteiger partial charge in [-0.15, -0.1) is 5.10 Å². The molecular weight excluding hydrogens is 167 g/mol. The average Bonchev–Trinajstić information content (AvgIpc) is 2.04. The summed E-state index contributed by atoms with van der Waals surface area (Å²) in [6.07, 6.45) is 1.04. The molecule has 5 nitrogen and oxygen atoms in total. The standard InChI is InChI=1S/C6H3FN2O3/c7-5-3(1-2-8-9-5)4(10)6(11)12/h1-2H,(H,11,12). The van der Waals surface area contributed by atoms with Crippen molar-refractivity contribution in [3.63, 3.8) is 0 Å². The van der Waals surface area contributed by atoms with E-state index in [9.17, 15) is 14.0 Å². The predicted octanol–water partition coefficient (Wildman–Crippen LogP) is -0.117. The maximum absolute atomic E-state index is 12.5. The molecule has 0 bridgehead atoms. The van der Waals surface area contributed by atoms with Gasteiger partial charge in [0.1, 0.15) is 0 Å². The number of carbonyl (C=O) groups is 2. The molecule has 0 radical (unpaired) electrons. The molecule has 1 rings (SSSR count). The van der Waals surface area contributed by atoms with Crippen molar-refractivity contribution in [2.45, 2.75) is 0 Å². The Hall–Kier alpha value is -1.85. The number of hydrogen-bond acceptors (Lipinski definition) is 4. The van der Waals surface area contributed by atoms with Crippen LogP contribution >= 0.6 is 0 Å². The van der Waals surface area contributed by atoms with Crippen LogP contribution in [0.25, 0.3) is 0 Å². The number of nitrogens with zero attached hydrogens (tertiary/aromatic N) is 2. The molecule has 0 aromatic carbocycles. The molecule has 0 amide bonds. The highest BCUT2D eigenvalue weighted by Gasteiger charge is 2.19. The lowest BCUT2D eigenvalue weighted by Gasteiger charge is -1.93. The lowest BCUT2D eigenvalue weighted by atomic mass is 10.2. The van der Waals surface area contributed by atoms with Gasteiger partial charge in [0.15, 0.2) is 0 Å². The summed E-state index contributed by atoms with van der Waals surface area (Å²) >= 11 is 0. The molecule has 1 heterocycles. The fraction of sp³-hybridized carbons (Fsp3) is 0. The fourth-order valence-electron chi connectivity index (χ4n) is 0.599. The Balaban J connectivity index is 3.11. The first-order chi connectivity index (χ1) is 5.63. The molecule has 62 valence electrons. The van der Waals surface area contributed by atoms with Crippen molar-refractivity contribution in [1.29, 1.82) is 0 Å². The predicted molar refractivity (Wildman–Crippen MR) is 34.0 cm³/mol. The normalized spacial score (nSPS) is 9.42. The first kappa shape index (κ1) is 8.25. The Labute approximate surface area is 65.9 Å². The molecule has 0 saturated carbocycles. The minimum atomic E-state index is -1.72. The van der Waals surface area contributed by atoms with Crippen LogP contribution in [-0.4, -0.2) is 27.1 Å². The van der Waals surface area contributed by atoms with Crippen LogP contribution < -0.4 is 0 Å². The van der Waals surface area contributed by atoms with Gasteiger partial charge in [0.25, 0.3) is 5.78 Å². The van der Waals surface area contributed by atoms with E-state index in [-0.39, 0.29) is 0 Å². The van der Waals surface area contributed by atoms with Gasteiger partial charge < -0.3 is 5.11 Å². The highest BCUT2D eigenvalue weighted by atomic mass is 19.1. The van der Waals surface area contributed by atoms with Gasteiger partial charge in [-0.2, -0.15) is 9.49 Å². The molecule has 0 spiro atoms. The quantitative estimate of drug-likeness (QED) is 0.494. The van der Waals surface area contributed by atoms with Crippen LogP contribution in [0.1, 0.15) is 10.4 Å². The van der Waals surface area contributed by atoms with Gasteiger partial charge in [0, 0.05) is 0 Å². The molecular formula is C6H3FN2O3. The smallest absolute Gasteiger partial charge is 0.377 e. The number of aliphatic carboxylic acids is 1. The summed E-state index contributed by atoms with van der Waals surface area (Å²) in [6.45, 7) is 0. The summed E-state index contributed by atoms with van der Waals surface area (Å²) in [5.74, 6) is -4.23. The van der Waals surface area contributed by atoms with Crippen molar-refractivity contribution in [1.82, 2.24) is 10.2 Å². The number of carboxylic acids is 1. The van der Waals surface area contributed by atoms with E-state index in [1.165, 1.54) is 0 Å². The second-order valence-corrected chi connectivity index (χ2v) is 1.87. The van der Waals surface area contributed by atoms with Gasteiger partial charge in [-0.05, 0) is 6.07 Å². The van der Waals surface area contributed by atoms with E-state index in [2.05, 4.69) is 10.2 Å². The Kier molecular flexibility index (Phi) is 2.09. The van der Waals surface area contributed by atoms with Crippen LogP contribution in [0.3, 0.4) is 0 Å². The van der Waals surface area contributed by atoms with Crippen molar-refractivity contribution < 1.29 is 19.1 Å². The summed E-state index contributed by atoms with van der Waals surface area (Å²) in [7, 11) is 0. The summed E-state index contributed by atoms with van der Waals surface area (Å²) in [5, 5.41) is 14.2. The van der Waals surface area contributed by atoms with Crippen LogP contribution in [0.4, 0.5) is 4.39 Å². The number of carboxylic acid groups (broad SMARTS) is 1. The Morgan fingerprint density at radius 2 is 2.17 bits per heavy atom. The summed E-state index contributed by atoms with van der Waals surface area (Å²) in [6, 6.07) is 0.957. The maximum Gasteiger partial charge on any atom is 0.377 e. The number of rotatable bonds is 2. The first-order valence-electron chi connectivity index (χ1n) is 2.87. The third-order valence-electron chi connectivity index (χ3n) is 1.11. The number of halogens is 1. The summed E-state index contributed by atoms with van der Waals surface area (Å²) in [4.78, 5) is 20.7. The Morgan fingerprint density at radius 1 is 1.50 bits per heavy atom. The zero-order chi connectivity index (χ0) is 9.14. The molecule has 0 fully saturated rings. The van der Waals surface area contributed by atoms with Gasteiger partial charge in [0.2, 0.25) is 5.95 Å². The third-order valence-corrected chi connectivity index (χ3v) is 1.11. The molecule has 0 aliphatic rings. The Morgan fingerprint density at radius 3 is 2.67 bits per heavy atom. The average molecular weight is 170 g/mol. The molecule has 1 aromatic rings. The first-order valence-corrected chi connectivity index (χ1v) is 2.87. The van der Waals surface area contributed by atoms with E-state index in [0.717, 1.165) is 12.3 Å². The minimum absolute atomic E-state index is 0.586. The highest BCUT2D eigenvalue weighted by Crippen LogP contribution is 2.02. The number of hydrogen-bond donors (Lipinski definition) is 1. The maximum atomic E-state index is 12.5. The van der Waals surface area contributed by atoms with E-state index in [4.69, 9.17) is 5.11 Å². The minimum Gasteiger partial charge on any atom is -0.475 e. The van der Waals surface area contributed by atoms with E-state index >= 15 is 0 Å². The molecule has 0 aliphatic carbocycles. The van der Waals surface area contributed by atoms with Gasteiger partial charge in [-0.25, -0.2) is 4.79 Å². The van der Waals surface area contributed by atoms with Crippen LogP contribution in [-0.2, 0) is 4.79 Å². The molecule has 0 atom stereocenters. The SMILES string of the molecule is O=C(O)C(=O)c1ccnnc1F. The largest absolute Gasteiger partial charge is 0.475 e. The number of ketones is 1. The molecule has 1 aromatic heterocycles. The molecule has 1 N–H and O–H groups in total.